The molecule has 3 heteroatoms. The van der Waals surface area contributed by atoms with Gasteiger partial charge in [0, 0.05) is 18.2 Å². The fourth-order valence-electron chi connectivity index (χ4n) is 1.78. The summed E-state index contributed by atoms with van der Waals surface area (Å²) >= 11 is 0. The lowest BCUT2D eigenvalue weighted by Crippen LogP contribution is -2.21. The number of methoxy groups -OCH3 is 1. The first-order valence-corrected chi connectivity index (χ1v) is 6.22. The normalized spacial score (nSPS) is 13.2. The van der Waals surface area contributed by atoms with Gasteiger partial charge >= 0.3 is 5.97 Å². The highest BCUT2D eigenvalue weighted by atomic mass is 16.5. The van der Waals surface area contributed by atoms with Crippen molar-refractivity contribution < 1.29 is 9.53 Å². The predicted molar refractivity (Wildman–Crippen MR) is 73.2 cm³/mol. The zero-order valence-electron chi connectivity index (χ0n) is 11.3. The molecular weight excluding hydrogens is 226 g/mol. The molecule has 0 radical (unpaired) electrons. The molecule has 0 aliphatic carbocycles. The van der Waals surface area contributed by atoms with E-state index < -0.39 is 0 Å². The van der Waals surface area contributed by atoms with Gasteiger partial charge in [-0.25, -0.2) is 4.79 Å². The molecule has 0 aromatic heterocycles. The van der Waals surface area contributed by atoms with Gasteiger partial charge in [0.2, 0.25) is 0 Å². The molecule has 0 saturated heterocycles. The lowest BCUT2D eigenvalue weighted by atomic mass is 10.0. The van der Waals surface area contributed by atoms with Crippen molar-refractivity contribution in [3.8, 4) is 0 Å². The van der Waals surface area contributed by atoms with Crippen LogP contribution in [0.4, 0.5) is 0 Å². The second kappa shape index (κ2) is 7.67. The molecule has 18 heavy (non-hydrogen) atoms. The number of hydrogen-bond donors (Lipinski definition) is 1. The summed E-state index contributed by atoms with van der Waals surface area (Å²) in [6.07, 6.45) is 2.87. The minimum atomic E-state index is -0.274. The molecule has 0 heterocycles. The Balaban J connectivity index is 2.54. The first kappa shape index (κ1) is 14.5. The van der Waals surface area contributed by atoms with Crippen molar-refractivity contribution >= 4 is 5.97 Å². The Morgan fingerprint density at radius 2 is 2.06 bits per heavy atom. The second-order valence-corrected chi connectivity index (χ2v) is 4.16. The Labute approximate surface area is 109 Å². The average molecular weight is 247 g/mol. The van der Waals surface area contributed by atoms with E-state index in [1.54, 1.807) is 6.92 Å². The topological polar surface area (TPSA) is 38.3 Å². The Morgan fingerprint density at radius 3 is 2.61 bits per heavy atom. The van der Waals surface area contributed by atoms with Crippen molar-refractivity contribution in [2.75, 3.05) is 13.7 Å². The van der Waals surface area contributed by atoms with E-state index in [0.717, 1.165) is 6.42 Å². The van der Waals surface area contributed by atoms with Crippen LogP contribution in [0.2, 0.25) is 0 Å². The number of rotatable bonds is 6. The third kappa shape index (κ3) is 4.34. The van der Waals surface area contributed by atoms with Crippen LogP contribution in [-0.4, -0.2) is 19.6 Å². The van der Waals surface area contributed by atoms with E-state index in [-0.39, 0.29) is 5.97 Å². The molecule has 1 atom stereocenters. The van der Waals surface area contributed by atoms with Gasteiger partial charge in [-0.15, -0.1) is 0 Å². The van der Waals surface area contributed by atoms with Crippen molar-refractivity contribution in [1.82, 2.24) is 5.32 Å². The van der Waals surface area contributed by atoms with E-state index >= 15 is 0 Å². The van der Waals surface area contributed by atoms with Gasteiger partial charge in [-0.1, -0.05) is 43.3 Å². The highest BCUT2D eigenvalue weighted by Gasteiger charge is 2.07. The van der Waals surface area contributed by atoms with Gasteiger partial charge in [-0.2, -0.15) is 0 Å². The molecule has 98 valence electrons. The summed E-state index contributed by atoms with van der Waals surface area (Å²) in [5.74, 6) is -0.274. The molecule has 1 aromatic rings. The maximum Gasteiger partial charge on any atom is 0.333 e. The Morgan fingerprint density at radius 1 is 1.39 bits per heavy atom. The van der Waals surface area contributed by atoms with E-state index in [1.807, 2.05) is 24.3 Å². The molecule has 1 aromatic carbocycles. The van der Waals surface area contributed by atoms with Crippen molar-refractivity contribution in [3.63, 3.8) is 0 Å². The number of benzene rings is 1. The van der Waals surface area contributed by atoms with Crippen LogP contribution in [0.1, 0.15) is 31.9 Å². The predicted octanol–water partition coefficient (Wildman–Crippen LogP) is 2.85. The Bertz CT molecular complexity index is 398. The minimum absolute atomic E-state index is 0.274. The van der Waals surface area contributed by atoms with E-state index in [0.29, 0.717) is 18.2 Å². The molecule has 1 unspecified atom stereocenters. The molecule has 0 amide bonds. The van der Waals surface area contributed by atoms with Crippen LogP contribution in [0, 0.1) is 0 Å². The molecule has 0 aliphatic rings. The van der Waals surface area contributed by atoms with E-state index in [9.17, 15) is 4.79 Å². The summed E-state index contributed by atoms with van der Waals surface area (Å²) in [7, 11) is 1.39. The van der Waals surface area contributed by atoms with Gasteiger partial charge in [0.25, 0.3) is 0 Å². The maximum atomic E-state index is 11.2. The van der Waals surface area contributed by atoms with Gasteiger partial charge in [-0.05, 0) is 18.9 Å². The van der Waals surface area contributed by atoms with Gasteiger partial charge in [0.15, 0.2) is 0 Å². The summed E-state index contributed by atoms with van der Waals surface area (Å²) in [4.78, 5) is 11.2. The van der Waals surface area contributed by atoms with Crippen LogP contribution in [0.15, 0.2) is 42.0 Å². The standard InChI is InChI=1S/C15H21NO2/c1-4-14(13-8-6-5-7-9-13)16-11-10-12(2)15(17)18-3/h5-10,14,16H,4,11H2,1-3H3/b12-10-. The van der Waals surface area contributed by atoms with Crippen molar-refractivity contribution in [2.24, 2.45) is 0 Å². The van der Waals surface area contributed by atoms with Crippen LogP contribution < -0.4 is 5.32 Å². The molecule has 0 fully saturated rings. The van der Waals surface area contributed by atoms with Gasteiger partial charge in [-0.3, -0.25) is 0 Å². The van der Waals surface area contributed by atoms with Crippen LogP contribution in [-0.2, 0) is 9.53 Å². The summed E-state index contributed by atoms with van der Waals surface area (Å²) in [5.41, 5.74) is 1.90. The molecule has 0 spiro atoms. The third-order valence-electron chi connectivity index (χ3n) is 2.89. The third-order valence-corrected chi connectivity index (χ3v) is 2.89. The molecular formula is C15H21NO2. The zero-order valence-corrected chi connectivity index (χ0v) is 11.3. The quantitative estimate of drug-likeness (QED) is 0.620. The minimum Gasteiger partial charge on any atom is -0.466 e. The Hall–Kier alpha value is -1.61. The van der Waals surface area contributed by atoms with Gasteiger partial charge in [0.1, 0.15) is 0 Å². The summed E-state index contributed by atoms with van der Waals surface area (Å²) in [5, 5.41) is 3.41. The van der Waals surface area contributed by atoms with E-state index in [4.69, 9.17) is 0 Å². The van der Waals surface area contributed by atoms with E-state index in [1.165, 1.54) is 12.7 Å². The van der Waals surface area contributed by atoms with Gasteiger partial charge in [0.05, 0.1) is 7.11 Å². The first-order valence-electron chi connectivity index (χ1n) is 6.22. The van der Waals surface area contributed by atoms with Crippen LogP contribution >= 0.6 is 0 Å². The monoisotopic (exact) mass is 247 g/mol. The lowest BCUT2D eigenvalue weighted by Gasteiger charge is -2.16. The van der Waals surface area contributed by atoms with Crippen molar-refractivity contribution in [1.29, 1.82) is 0 Å². The zero-order chi connectivity index (χ0) is 13.4. The number of esters is 1. The lowest BCUT2D eigenvalue weighted by molar-refractivity contribution is -0.136. The molecule has 0 saturated carbocycles. The highest BCUT2D eigenvalue weighted by Crippen LogP contribution is 2.15. The fraction of sp³-hybridized carbons (Fsp3) is 0.400. The molecule has 1 rings (SSSR count). The summed E-state index contributed by atoms with van der Waals surface area (Å²) < 4.78 is 4.65. The number of nitrogens with one attached hydrogen (secondary N) is 1. The highest BCUT2D eigenvalue weighted by molar-refractivity contribution is 5.87. The summed E-state index contributed by atoms with van der Waals surface area (Å²) in [6, 6.07) is 10.6. The Kier molecular flexibility index (Phi) is 6.15. The maximum absolute atomic E-state index is 11.2. The van der Waals surface area contributed by atoms with Crippen LogP contribution in [0.5, 0.6) is 0 Å². The first-order chi connectivity index (χ1) is 8.69. The smallest absolute Gasteiger partial charge is 0.333 e. The average Bonchev–Trinajstić information content (AvgIpc) is 2.43. The van der Waals surface area contributed by atoms with Crippen molar-refractivity contribution in [3.05, 3.63) is 47.5 Å². The second-order valence-electron chi connectivity index (χ2n) is 4.16. The molecule has 0 bridgehead atoms. The van der Waals surface area contributed by atoms with Crippen molar-refractivity contribution in [2.45, 2.75) is 26.3 Å². The van der Waals surface area contributed by atoms with Crippen LogP contribution in [0.3, 0.4) is 0 Å². The van der Waals surface area contributed by atoms with E-state index in [2.05, 4.69) is 29.1 Å². The fourth-order valence-corrected chi connectivity index (χ4v) is 1.78. The molecule has 3 nitrogen and oxygen atoms in total. The van der Waals surface area contributed by atoms with Gasteiger partial charge < -0.3 is 10.1 Å². The number of hydrogen-bond acceptors (Lipinski definition) is 3. The van der Waals surface area contributed by atoms with Crippen LogP contribution in [0.25, 0.3) is 0 Å². The molecule has 1 N–H and O–H groups in total. The number of carbonyl (C=O) groups is 1. The summed E-state index contributed by atoms with van der Waals surface area (Å²) in [6.45, 7) is 4.56. The largest absolute Gasteiger partial charge is 0.466 e. The molecule has 0 aliphatic heterocycles. The number of ether oxygens (including phenoxy) is 1. The SMILES string of the molecule is CCC(NC/C=C(/C)C(=O)OC)c1ccccc1. The number of carbonyl (C=O) groups excluding carboxylic acids is 1.